The largest absolute Gasteiger partial charge is 0.462 e. The van der Waals surface area contributed by atoms with Crippen LogP contribution in [0.3, 0.4) is 0 Å². The zero-order chi connectivity index (χ0) is 8.01. The minimum Gasteiger partial charge on any atom is -0.462 e. The number of halogens is 1. The molecule has 4 heteroatoms. The summed E-state index contributed by atoms with van der Waals surface area (Å²) in [5.74, 6) is 0.0638. The lowest BCUT2D eigenvalue weighted by atomic mass is 10.1. The number of alkyl halides is 1. The second kappa shape index (κ2) is 2.45. The molecule has 0 spiro atoms. The summed E-state index contributed by atoms with van der Waals surface area (Å²) in [4.78, 5) is 10.8. The molecule has 1 N–H and O–H groups in total. The van der Waals surface area contributed by atoms with Gasteiger partial charge in [0.15, 0.2) is 0 Å². The van der Waals surface area contributed by atoms with Crippen molar-refractivity contribution in [3.63, 3.8) is 0 Å². The molecule has 0 aromatic rings. The normalized spacial score (nSPS) is 49.1. The van der Waals surface area contributed by atoms with E-state index < -0.39 is 0 Å². The summed E-state index contributed by atoms with van der Waals surface area (Å²) in [5, 5.41) is 9.35. The molecule has 62 valence electrons. The Bertz CT molecular complexity index is 194. The summed E-state index contributed by atoms with van der Waals surface area (Å²) in [6, 6.07) is 0. The Morgan fingerprint density at radius 3 is 3.00 bits per heavy atom. The van der Waals surface area contributed by atoms with Gasteiger partial charge in [-0.2, -0.15) is 0 Å². The van der Waals surface area contributed by atoms with Gasteiger partial charge in [0.05, 0.1) is 12.5 Å². The predicted octanol–water partition coefficient (Wildman–Crippen LogP) is 0.446. The second-order valence-corrected chi connectivity index (χ2v) is 4.20. The summed E-state index contributed by atoms with van der Waals surface area (Å²) in [6.07, 6.45) is 0.657. The molecule has 0 aromatic carbocycles. The lowest BCUT2D eigenvalue weighted by Gasteiger charge is -2.09. The number of carbonyl (C=O) groups is 1. The SMILES string of the molecule is O=C1CC2C(CC(O)C2Br)O1. The molecule has 0 radical (unpaired) electrons. The number of fused-ring (bicyclic) bond motifs is 1. The number of carbonyl (C=O) groups excluding carboxylic acids is 1. The van der Waals surface area contributed by atoms with E-state index >= 15 is 0 Å². The van der Waals surface area contributed by atoms with Crippen molar-refractivity contribution in [3.05, 3.63) is 0 Å². The van der Waals surface area contributed by atoms with Crippen molar-refractivity contribution in [2.75, 3.05) is 0 Å². The minimum absolute atomic E-state index is 0.0399. The average Bonchev–Trinajstić information content (AvgIpc) is 2.37. The van der Waals surface area contributed by atoms with Crippen molar-refractivity contribution in [3.8, 4) is 0 Å². The van der Waals surface area contributed by atoms with E-state index in [4.69, 9.17) is 4.74 Å². The van der Waals surface area contributed by atoms with Gasteiger partial charge in [0.2, 0.25) is 0 Å². The van der Waals surface area contributed by atoms with Gasteiger partial charge in [-0.15, -0.1) is 0 Å². The molecule has 2 fully saturated rings. The first-order valence-corrected chi connectivity index (χ1v) is 4.61. The van der Waals surface area contributed by atoms with Crippen LogP contribution in [-0.2, 0) is 9.53 Å². The van der Waals surface area contributed by atoms with Crippen molar-refractivity contribution in [1.82, 2.24) is 0 Å². The summed E-state index contributed by atoms with van der Waals surface area (Å²) in [6.45, 7) is 0. The highest BCUT2D eigenvalue weighted by atomic mass is 79.9. The third kappa shape index (κ3) is 1.08. The molecular weight excluding hydrogens is 212 g/mol. The Morgan fingerprint density at radius 2 is 2.36 bits per heavy atom. The smallest absolute Gasteiger partial charge is 0.306 e. The van der Waals surface area contributed by atoms with Crippen LogP contribution in [0.4, 0.5) is 0 Å². The summed E-state index contributed by atoms with van der Waals surface area (Å²) < 4.78 is 5.00. The molecule has 1 aliphatic carbocycles. The molecule has 1 saturated carbocycles. The fourth-order valence-electron chi connectivity index (χ4n) is 1.82. The molecule has 1 heterocycles. The van der Waals surface area contributed by atoms with E-state index in [9.17, 15) is 9.90 Å². The topological polar surface area (TPSA) is 46.5 Å². The Kier molecular flexibility index (Phi) is 1.68. The van der Waals surface area contributed by atoms with E-state index in [1.807, 2.05) is 0 Å². The zero-order valence-electron chi connectivity index (χ0n) is 5.87. The van der Waals surface area contributed by atoms with Crippen LogP contribution in [0.2, 0.25) is 0 Å². The Balaban J connectivity index is 2.13. The van der Waals surface area contributed by atoms with Crippen LogP contribution in [0.25, 0.3) is 0 Å². The molecule has 3 nitrogen and oxygen atoms in total. The number of aliphatic hydroxyl groups is 1. The highest BCUT2D eigenvalue weighted by Crippen LogP contribution is 2.40. The molecule has 2 rings (SSSR count). The van der Waals surface area contributed by atoms with E-state index in [0.29, 0.717) is 12.8 Å². The van der Waals surface area contributed by atoms with Gasteiger partial charge in [-0.25, -0.2) is 0 Å². The second-order valence-electron chi connectivity index (χ2n) is 3.14. The summed E-state index contributed by atoms with van der Waals surface area (Å²) in [5.41, 5.74) is 0. The maximum absolute atomic E-state index is 10.8. The Labute approximate surface area is 72.9 Å². The van der Waals surface area contributed by atoms with Crippen LogP contribution in [0.5, 0.6) is 0 Å². The first-order chi connectivity index (χ1) is 5.18. The summed E-state index contributed by atoms with van der Waals surface area (Å²) >= 11 is 3.36. The van der Waals surface area contributed by atoms with Crippen molar-refractivity contribution in [1.29, 1.82) is 0 Å². The van der Waals surface area contributed by atoms with Gasteiger partial charge in [-0.1, -0.05) is 15.9 Å². The molecule has 1 saturated heterocycles. The Morgan fingerprint density at radius 1 is 1.64 bits per heavy atom. The van der Waals surface area contributed by atoms with Crippen molar-refractivity contribution in [2.45, 2.75) is 29.9 Å². The van der Waals surface area contributed by atoms with Crippen molar-refractivity contribution < 1.29 is 14.6 Å². The average molecular weight is 221 g/mol. The quantitative estimate of drug-likeness (QED) is 0.477. The molecule has 0 amide bonds. The van der Waals surface area contributed by atoms with Gasteiger partial charge >= 0.3 is 5.97 Å². The number of esters is 1. The summed E-state index contributed by atoms with van der Waals surface area (Å²) in [7, 11) is 0. The van der Waals surface area contributed by atoms with Gasteiger partial charge in [-0.3, -0.25) is 4.79 Å². The first-order valence-electron chi connectivity index (χ1n) is 3.70. The number of ether oxygens (including phenoxy) is 1. The third-order valence-electron chi connectivity index (χ3n) is 2.41. The zero-order valence-corrected chi connectivity index (χ0v) is 7.45. The molecule has 2 aliphatic rings. The van der Waals surface area contributed by atoms with Crippen LogP contribution in [0.1, 0.15) is 12.8 Å². The molecule has 0 aromatic heterocycles. The van der Waals surface area contributed by atoms with E-state index in [0.717, 1.165) is 0 Å². The highest BCUT2D eigenvalue weighted by Gasteiger charge is 2.48. The van der Waals surface area contributed by atoms with E-state index in [1.54, 1.807) is 0 Å². The van der Waals surface area contributed by atoms with Crippen LogP contribution >= 0.6 is 15.9 Å². The molecule has 11 heavy (non-hydrogen) atoms. The van der Waals surface area contributed by atoms with Crippen LogP contribution < -0.4 is 0 Å². The van der Waals surface area contributed by atoms with Crippen molar-refractivity contribution >= 4 is 21.9 Å². The van der Waals surface area contributed by atoms with Gasteiger partial charge in [0, 0.05) is 17.2 Å². The lowest BCUT2D eigenvalue weighted by molar-refractivity contribution is -0.141. The minimum atomic E-state index is -0.349. The van der Waals surface area contributed by atoms with Gasteiger partial charge < -0.3 is 9.84 Å². The molecule has 1 aliphatic heterocycles. The molecule has 4 atom stereocenters. The number of hydrogen-bond acceptors (Lipinski definition) is 3. The molecular formula is C7H9BrO3. The maximum Gasteiger partial charge on any atom is 0.306 e. The van der Waals surface area contributed by atoms with Crippen LogP contribution in [0, 0.1) is 5.92 Å². The highest BCUT2D eigenvalue weighted by molar-refractivity contribution is 9.09. The molecule has 4 unspecified atom stereocenters. The van der Waals surface area contributed by atoms with Crippen LogP contribution in [-0.4, -0.2) is 28.1 Å². The lowest BCUT2D eigenvalue weighted by Crippen LogP contribution is -2.19. The fraction of sp³-hybridized carbons (Fsp3) is 0.857. The third-order valence-corrected chi connectivity index (χ3v) is 3.70. The Hall–Kier alpha value is -0.0900. The maximum atomic E-state index is 10.8. The number of rotatable bonds is 0. The van der Waals surface area contributed by atoms with E-state index in [1.165, 1.54) is 0 Å². The van der Waals surface area contributed by atoms with E-state index in [2.05, 4.69) is 15.9 Å². The van der Waals surface area contributed by atoms with Gasteiger partial charge in [0.25, 0.3) is 0 Å². The predicted molar refractivity (Wildman–Crippen MR) is 41.3 cm³/mol. The van der Waals surface area contributed by atoms with Crippen LogP contribution in [0.15, 0.2) is 0 Å². The van der Waals surface area contributed by atoms with E-state index in [-0.39, 0.29) is 28.9 Å². The van der Waals surface area contributed by atoms with Crippen molar-refractivity contribution in [2.24, 2.45) is 5.92 Å². The monoisotopic (exact) mass is 220 g/mol. The van der Waals surface area contributed by atoms with Gasteiger partial charge in [0.1, 0.15) is 6.10 Å². The first kappa shape index (κ1) is 7.55. The number of aliphatic hydroxyl groups excluding tert-OH is 1. The number of hydrogen-bond donors (Lipinski definition) is 1. The molecule has 0 bridgehead atoms. The fourth-order valence-corrected chi connectivity index (χ4v) is 2.57. The standard InChI is InChI=1S/C7H9BrO3/c8-7-3-1-6(10)11-5(3)2-4(7)9/h3-5,7,9H,1-2H2. The van der Waals surface area contributed by atoms with Gasteiger partial charge in [-0.05, 0) is 0 Å².